The number of nitro groups is 1. The van der Waals surface area contributed by atoms with Crippen LogP contribution in [0.25, 0.3) is 0 Å². The second-order valence-electron chi connectivity index (χ2n) is 6.32. The van der Waals surface area contributed by atoms with E-state index in [0.717, 1.165) is 48.3 Å². The molecular weight excluding hydrogens is 350 g/mol. The Bertz CT molecular complexity index is 883. The maximum absolute atomic E-state index is 12.2. The quantitative estimate of drug-likeness (QED) is 0.463. The molecule has 2 aromatic rings. The van der Waals surface area contributed by atoms with Gasteiger partial charge in [0.15, 0.2) is 0 Å². The molecule has 8 heteroatoms. The van der Waals surface area contributed by atoms with Crippen molar-refractivity contribution in [2.24, 2.45) is 5.10 Å². The lowest BCUT2D eigenvalue weighted by Gasteiger charge is -2.13. The Labute approximate surface area is 156 Å². The van der Waals surface area contributed by atoms with Gasteiger partial charge in [0.05, 0.1) is 22.9 Å². The smallest absolute Gasteiger partial charge is 0.374 e. The Kier molecular flexibility index (Phi) is 5.54. The number of carbonyl (C=O) groups excluding carboxylic acids is 1. The fourth-order valence-corrected chi connectivity index (χ4v) is 3.02. The molecule has 27 heavy (non-hydrogen) atoms. The zero-order valence-electron chi connectivity index (χ0n) is 15.3. The van der Waals surface area contributed by atoms with Gasteiger partial charge in [-0.15, -0.1) is 0 Å². The van der Waals surface area contributed by atoms with Gasteiger partial charge in [-0.3, -0.25) is 15.5 Å². The van der Waals surface area contributed by atoms with Gasteiger partial charge in [0, 0.05) is 29.7 Å². The van der Waals surface area contributed by atoms with Crippen LogP contribution < -0.4 is 5.43 Å². The van der Waals surface area contributed by atoms with E-state index in [2.05, 4.69) is 10.5 Å². The summed E-state index contributed by atoms with van der Waals surface area (Å²) in [4.78, 5) is 22.5. The van der Waals surface area contributed by atoms with Gasteiger partial charge >= 0.3 is 5.97 Å². The molecule has 0 bridgehead atoms. The van der Waals surface area contributed by atoms with Crippen LogP contribution in [-0.4, -0.2) is 23.2 Å². The molecule has 1 aliphatic rings. The Hall–Kier alpha value is -3.16. The molecule has 8 nitrogen and oxygen atoms in total. The number of furan rings is 1. The number of nitrogens with one attached hydrogen (secondary N) is 1. The number of aryl methyl sites for hydroxylation is 1. The number of hydrogen-bond acceptors (Lipinski definition) is 7. The molecule has 1 aromatic carbocycles. The number of non-ortho nitro benzene ring substituents is 1. The van der Waals surface area contributed by atoms with Gasteiger partial charge < -0.3 is 9.15 Å². The van der Waals surface area contributed by atoms with Gasteiger partial charge in [-0.2, -0.15) is 5.10 Å². The molecule has 0 atom stereocenters. The molecule has 142 valence electrons. The second-order valence-corrected chi connectivity index (χ2v) is 6.32. The predicted molar refractivity (Wildman–Crippen MR) is 100 cm³/mol. The van der Waals surface area contributed by atoms with Crippen molar-refractivity contribution in [1.29, 1.82) is 0 Å². The topological polar surface area (TPSA) is 107 Å². The van der Waals surface area contributed by atoms with Crippen molar-refractivity contribution >= 4 is 23.1 Å². The van der Waals surface area contributed by atoms with Gasteiger partial charge in [-0.25, -0.2) is 4.79 Å². The van der Waals surface area contributed by atoms with E-state index in [-0.39, 0.29) is 11.4 Å². The van der Waals surface area contributed by atoms with E-state index in [0.29, 0.717) is 12.3 Å². The summed E-state index contributed by atoms with van der Waals surface area (Å²) in [7, 11) is 0. The summed E-state index contributed by atoms with van der Waals surface area (Å²) in [5.74, 6) is 0.524. The third kappa shape index (κ3) is 3.99. The number of hydrazone groups is 1. The highest BCUT2D eigenvalue weighted by atomic mass is 16.6. The number of ether oxygens (including phenoxy) is 1. The number of carbonyl (C=O) groups is 1. The normalized spacial score (nSPS) is 14.7. The van der Waals surface area contributed by atoms with Crippen LogP contribution >= 0.6 is 0 Å². The summed E-state index contributed by atoms with van der Waals surface area (Å²) in [5, 5.41) is 15.2. The summed E-state index contributed by atoms with van der Waals surface area (Å²) in [6, 6.07) is 6.03. The van der Waals surface area contributed by atoms with E-state index >= 15 is 0 Å². The van der Waals surface area contributed by atoms with Crippen LogP contribution in [0.5, 0.6) is 0 Å². The number of anilines is 1. The molecule has 3 rings (SSSR count). The van der Waals surface area contributed by atoms with E-state index in [1.54, 1.807) is 12.1 Å². The minimum atomic E-state index is -0.452. The van der Waals surface area contributed by atoms with Crippen LogP contribution in [0.4, 0.5) is 11.4 Å². The number of benzene rings is 1. The summed E-state index contributed by atoms with van der Waals surface area (Å²) < 4.78 is 10.9. The molecule has 0 fully saturated rings. The van der Waals surface area contributed by atoms with E-state index in [1.165, 1.54) is 12.1 Å². The maximum Gasteiger partial charge on any atom is 0.374 e. The predicted octanol–water partition coefficient (Wildman–Crippen LogP) is 4.22. The third-order valence-electron chi connectivity index (χ3n) is 4.35. The Morgan fingerprint density at radius 2 is 2.07 bits per heavy atom. The van der Waals surface area contributed by atoms with Crippen molar-refractivity contribution < 1.29 is 18.9 Å². The zero-order chi connectivity index (χ0) is 19.4. The van der Waals surface area contributed by atoms with Gasteiger partial charge in [0.2, 0.25) is 5.76 Å². The molecule has 0 radical (unpaired) electrons. The fourth-order valence-electron chi connectivity index (χ4n) is 3.02. The first-order valence-electron chi connectivity index (χ1n) is 8.88. The third-order valence-corrected chi connectivity index (χ3v) is 4.35. The SMILES string of the molecule is CCCOC(=O)c1oc2c(c1C)/C(=N/Nc1ccc([N+](=O)[O-])cc1)CCC2. The van der Waals surface area contributed by atoms with Gasteiger partial charge in [-0.05, 0) is 38.3 Å². The molecule has 1 aromatic heterocycles. The number of rotatable bonds is 6. The van der Waals surface area contributed by atoms with Crippen molar-refractivity contribution in [2.75, 3.05) is 12.0 Å². The molecule has 0 unspecified atom stereocenters. The van der Waals surface area contributed by atoms with E-state index < -0.39 is 10.9 Å². The van der Waals surface area contributed by atoms with Gasteiger partial charge in [-0.1, -0.05) is 6.92 Å². The Morgan fingerprint density at radius 3 is 2.74 bits per heavy atom. The van der Waals surface area contributed by atoms with E-state index in [1.807, 2.05) is 13.8 Å². The fraction of sp³-hybridized carbons (Fsp3) is 0.368. The monoisotopic (exact) mass is 371 g/mol. The van der Waals surface area contributed by atoms with Crippen LogP contribution in [-0.2, 0) is 11.2 Å². The lowest BCUT2D eigenvalue weighted by Crippen LogP contribution is -2.13. The number of fused-ring (bicyclic) bond motifs is 1. The molecule has 0 amide bonds. The van der Waals surface area contributed by atoms with Crippen LogP contribution in [0.15, 0.2) is 33.8 Å². The first-order valence-corrected chi connectivity index (χ1v) is 8.88. The Balaban J connectivity index is 1.83. The molecular formula is C19H21N3O5. The molecule has 1 aliphatic carbocycles. The second kappa shape index (κ2) is 8.03. The first-order chi connectivity index (χ1) is 13.0. The lowest BCUT2D eigenvalue weighted by atomic mass is 9.93. The number of hydrogen-bond donors (Lipinski definition) is 1. The van der Waals surface area contributed by atoms with Crippen LogP contribution in [0.3, 0.4) is 0 Å². The van der Waals surface area contributed by atoms with Crippen molar-refractivity contribution in [1.82, 2.24) is 0 Å². The van der Waals surface area contributed by atoms with E-state index in [9.17, 15) is 14.9 Å². The molecule has 0 saturated heterocycles. The number of nitrogens with zero attached hydrogens (tertiary/aromatic N) is 2. The van der Waals surface area contributed by atoms with Crippen LogP contribution in [0.1, 0.15) is 53.6 Å². The largest absolute Gasteiger partial charge is 0.460 e. The van der Waals surface area contributed by atoms with Crippen molar-refractivity contribution in [3.63, 3.8) is 0 Å². The maximum atomic E-state index is 12.2. The Morgan fingerprint density at radius 1 is 1.33 bits per heavy atom. The van der Waals surface area contributed by atoms with Crippen molar-refractivity contribution in [3.8, 4) is 0 Å². The number of nitro benzene ring substituents is 1. The lowest BCUT2D eigenvalue weighted by molar-refractivity contribution is -0.384. The van der Waals surface area contributed by atoms with Crippen LogP contribution in [0, 0.1) is 17.0 Å². The summed E-state index contributed by atoms with van der Waals surface area (Å²) in [6.07, 6.45) is 3.10. The molecule has 0 spiro atoms. The molecule has 1 N–H and O–H groups in total. The summed E-state index contributed by atoms with van der Waals surface area (Å²) in [6.45, 7) is 4.12. The molecule has 0 saturated carbocycles. The van der Waals surface area contributed by atoms with Crippen molar-refractivity contribution in [3.05, 3.63) is 57.0 Å². The van der Waals surface area contributed by atoms with Gasteiger partial charge in [0.1, 0.15) is 5.76 Å². The average Bonchev–Trinajstić information content (AvgIpc) is 3.02. The minimum Gasteiger partial charge on any atom is -0.460 e. The summed E-state index contributed by atoms with van der Waals surface area (Å²) in [5.41, 5.74) is 5.97. The standard InChI is InChI=1S/C19H21N3O5/c1-3-11-26-19(23)18-12(2)17-15(5-4-6-16(17)27-18)21-20-13-7-9-14(10-8-13)22(24)25/h7-10,20H,3-6,11H2,1-2H3/b21-15+. The molecule has 0 aliphatic heterocycles. The summed E-state index contributed by atoms with van der Waals surface area (Å²) >= 11 is 0. The zero-order valence-corrected chi connectivity index (χ0v) is 15.3. The first kappa shape index (κ1) is 18.6. The van der Waals surface area contributed by atoms with Crippen molar-refractivity contribution in [2.45, 2.75) is 39.5 Å². The minimum absolute atomic E-state index is 0.0223. The molecule has 1 heterocycles. The van der Waals surface area contributed by atoms with E-state index in [4.69, 9.17) is 9.15 Å². The highest BCUT2D eigenvalue weighted by molar-refractivity contribution is 6.06. The van der Waals surface area contributed by atoms with Gasteiger partial charge in [0.25, 0.3) is 5.69 Å². The number of esters is 1. The highest BCUT2D eigenvalue weighted by Crippen LogP contribution is 2.30. The van der Waals surface area contributed by atoms with Crippen LogP contribution in [0.2, 0.25) is 0 Å². The highest BCUT2D eigenvalue weighted by Gasteiger charge is 2.28. The average molecular weight is 371 g/mol.